The van der Waals surface area contributed by atoms with Gasteiger partial charge in [0, 0.05) is 33.8 Å². The summed E-state index contributed by atoms with van der Waals surface area (Å²) < 4.78 is 24.9. The molecular weight excluding hydrogens is 451 g/mol. The van der Waals surface area contributed by atoms with E-state index in [4.69, 9.17) is 34.8 Å². The molecule has 10 heteroatoms. The van der Waals surface area contributed by atoms with Gasteiger partial charge in [-0.25, -0.2) is 8.42 Å². The highest BCUT2D eigenvalue weighted by molar-refractivity contribution is 7.98. The summed E-state index contributed by atoms with van der Waals surface area (Å²) >= 11 is 19.9. The first kappa shape index (κ1) is 22.2. The van der Waals surface area contributed by atoms with Crippen molar-refractivity contribution in [3.05, 3.63) is 62.6 Å². The molecule has 0 aromatic heterocycles. The molecule has 2 aromatic rings. The van der Waals surface area contributed by atoms with Crippen molar-refractivity contribution in [1.82, 2.24) is 5.32 Å². The molecule has 0 saturated carbocycles. The van der Waals surface area contributed by atoms with Gasteiger partial charge in [0.2, 0.25) is 10.0 Å². The van der Waals surface area contributed by atoms with Crippen LogP contribution in [0.2, 0.25) is 15.1 Å². The van der Waals surface area contributed by atoms with Gasteiger partial charge in [-0.3, -0.25) is 9.52 Å². The Morgan fingerprint density at radius 1 is 1.07 bits per heavy atom. The van der Waals surface area contributed by atoms with Crippen molar-refractivity contribution in [2.24, 2.45) is 0 Å². The summed E-state index contributed by atoms with van der Waals surface area (Å²) in [6.45, 7) is 0.408. The van der Waals surface area contributed by atoms with Crippen LogP contribution in [0.3, 0.4) is 0 Å². The third-order valence-corrected chi connectivity index (χ3v) is 5.98. The standard InChI is InChI=1S/C17H17Cl3N2O3S2/c1-27(24,25)22-11-5-6-16(20)12(9-11)17(23)21-7-8-26-10-13-14(18)3-2-4-15(13)19/h2-6,9,22H,7-8,10H2,1H3,(H,21,23). The molecule has 0 aliphatic carbocycles. The number of rotatable bonds is 8. The molecule has 0 bridgehead atoms. The predicted molar refractivity (Wildman–Crippen MR) is 115 cm³/mol. The zero-order chi connectivity index (χ0) is 20.0. The predicted octanol–water partition coefficient (Wildman–Crippen LogP) is 4.68. The second-order valence-electron chi connectivity index (χ2n) is 5.58. The Labute approximate surface area is 177 Å². The van der Waals surface area contributed by atoms with Gasteiger partial charge in [-0.05, 0) is 35.9 Å². The van der Waals surface area contributed by atoms with Crippen molar-refractivity contribution in [2.45, 2.75) is 5.75 Å². The van der Waals surface area contributed by atoms with E-state index in [0.717, 1.165) is 11.8 Å². The Morgan fingerprint density at radius 2 is 1.74 bits per heavy atom. The van der Waals surface area contributed by atoms with Gasteiger partial charge in [-0.1, -0.05) is 40.9 Å². The summed E-state index contributed by atoms with van der Waals surface area (Å²) in [5.74, 6) is 0.892. The van der Waals surface area contributed by atoms with E-state index in [9.17, 15) is 13.2 Å². The van der Waals surface area contributed by atoms with Gasteiger partial charge in [-0.15, -0.1) is 0 Å². The SMILES string of the molecule is CS(=O)(=O)Nc1ccc(Cl)c(C(=O)NCCSCc2c(Cl)cccc2Cl)c1. The van der Waals surface area contributed by atoms with E-state index < -0.39 is 10.0 Å². The quantitative estimate of drug-likeness (QED) is 0.553. The second-order valence-corrected chi connectivity index (χ2v) is 9.65. The summed E-state index contributed by atoms with van der Waals surface area (Å²) in [5, 5.41) is 4.22. The Kier molecular flexibility index (Phi) is 8.12. The number of carbonyl (C=O) groups excluding carboxylic acids is 1. The molecule has 0 heterocycles. The molecule has 27 heavy (non-hydrogen) atoms. The van der Waals surface area contributed by atoms with Crippen LogP contribution >= 0.6 is 46.6 Å². The third-order valence-electron chi connectivity index (χ3n) is 3.35. The number of hydrogen-bond donors (Lipinski definition) is 2. The molecule has 1 amide bonds. The van der Waals surface area contributed by atoms with Crippen LogP contribution in [-0.2, 0) is 15.8 Å². The van der Waals surface area contributed by atoms with Crippen LogP contribution < -0.4 is 10.0 Å². The third kappa shape index (κ3) is 7.08. The Morgan fingerprint density at radius 3 is 2.37 bits per heavy atom. The van der Waals surface area contributed by atoms with Crippen LogP contribution in [0.4, 0.5) is 5.69 Å². The lowest BCUT2D eigenvalue weighted by molar-refractivity contribution is 0.0956. The van der Waals surface area contributed by atoms with Crippen LogP contribution in [0.15, 0.2) is 36.4 Å². The number of thioether (sulfide) groups is 1. The number of anilines is 1. The molecule has 0 aliphatic heterocycles. The van der Waals surface area contributed by atoms with E-state index in [1.54, 1.807) is 30.0 Å². The lowest BCUT2D eigenvalue weighted by Crippen LogP contribution is -2.26. The van der Waals surface area contributed by atoms with Crippen LogP contribution in [0.1, 0.15) is 15.9 Å². The highest BCUT2D eigenvalue weighted by atomic mass is 35.5. The van der Waals surface area contributed by atoms with Gasteiger partial charge in [0.25, 0.3) is 5.91 Å². The van der Waals surface area contributed by atoms with Crippen molar-refractivity contribution in [3.8, 4) is 0 Å². The summed E-state index contributed by atoms with van der Waals surface area (Å²) in [7, 11) is -3.44. The first-order chi connectivity index (χ1) is 12.7. The zero-order valence-corrected chi connectivity index (χ0v) is 18.2. The first-order valence-corrected chi connectivity index (χ1v) is 11.9. The van der Waals surface area contributed by atoms with Crippen LogP contribution in [0.5, 0.6) is 0 Å². The Bertz CT molecular complexity index is 917. The molecule has 0 aliphatic rings. The van der Waals surface area contributed by atoms with Crippen molar-refractivity contribution in [3.63, 3.8) is 0 Å². The van der Waals surface area contributed by atoms with Crippen molar-refractivity contribution in [1.29, 1.82) is 0 Å². The number of carbonyl (C=O) groups is 1. The van der Waals surface area contributed by atoms with Crippen molar-refractivity contribution in [2.75, 3.05) is 23.3 Å². The van der Waals surface area contributed by atoms with Gasteiger partial charge < -0.3 is 5.32 Å². The number of halogens is 3. The fourth-order valence-electron chi connectivity index (χ4n) is 2.15. The smallest absolute Gasteiger partial charge is 0.252 e. The summed E-state index contributed by atoms with van der Waals surface area (Å²) in [6, 6.07) is 9.71. The molecule has 2 rings (SSSR count). The van der Waals surface area contributed by atoms with E-state index in [0.29, 0.717) is 28.1 Å². The molecule has 2 aromatic carbocycles. The van der Waals surface area contributed by atoms with Gasteiger partial charge in [0.05, 0.1) is 16.8 Å². The maximum Gasteiger partial charge on any atom is 0.252 e. The molecule has 0 spiro atoms. The Balaban J connectivity index is 1.88. The van der Waals surface area contributed by atoms with E-state index in [-0.39, 0.29) is 22.2 Å². The molecule has 0 saturated heterocycles. The minimum Gasteiger partial charge on any atom is -0.351 e. The zero-order valence-electron chi connectivity index (χ0n) is 14.3. The van der Waals surface area contributed by atoms with Crippen LogP contribution in [0.25, 0.3) is 0 Å². The molecule has 5 nitrogen and oxygen atoms in total. The normalized spacial score (nSPS) is 11.3. The van der Waals surface area contributed by atoms with Crippen LogP contribution in [-0.4, -0.2) is 32.9 Å². The van der Waals surface area contributed by atoms with Gasteiger partial charge >= 0.3 is 0 Å². The number of hydrogen-bond acceptors (Lipinski definition) is 4. The minimum atomic E-state index is -3.44. The van der Waals surface area contributed by atoms with Gasteiger partial charge in [0.15, 0.2) is 0 Å². The van der Waals surface area contributed by atoms with E-state index >= 15 is 0 Å². The highest BCUT2D eigenvalue weighted by Gasteiger charge is 2.12. The first-order valence-electron chi connectivity index (χ1n) is 7.73. The average molecular weight is 468 g/mol. The summed E-state index contributed by atoms with van der Waals surface area (Å²) in [4.78, 5) is 12.3. The highest BCUT2D eigenvalue weighted by Crippen LogP contribution is 2.28. The molecule has 0 unspecified atom stereocenters. The molecule has 2 N–H and O–H groups in total. The minimum absolute atomic E-state index is 0.199. The molecule has 0 fully saturated rings. The van der Waals surface area contributed by atoms with Crippen molar-refractivity contribution >= 4 is 68.2 Å². The van der Waals surface area contributed by atoms with Crippen LogP contribution in [0, 0.1) is 0 Å². The summed E-state index contributed by atoms with van der Waals surface area (Å²) in [6.07, 6.45) is 1.03. The average Bonchev–Trinajstić information content (AvgIpc) is 2.57. The maximum absolute atomic E-state index is 12.3. The largest absolute Gasteiger partial charge is 0.351 e. The number of amides is 1. The lowest BCUT2D eigenvalue weighted by Gasteiger charge is -2.10. The molecule has 0 radical (unpaired) electrons. The Hall–Kier alpha value is -1.12. The number of nitrogens with one attached hydrogen (secondary N) is 2. The molecule has 0 atom stereocenters. The second kappa shape index (κ2) is 9.89. The number of benzene rings is 2. The van der Waals surface area contributed by atoms with E-state index in [1.165, 1.54) is 18.2 Å². The number of sulfonamides is 1. The monoisotopic (exact) mass is 466 g/mol. The molecule has 146 valence electrons. The summed E-state index contributed by atoms with van der Waals surface area (Å²) in [5.41, 5.74) is 1.33. The van der Waals surface area contributed by atoms with Gasteiger partial charge in [0.1, 0.15) is 0 Å². The topological polar surface area (TPSA) is 75.3 Å². The van der Waals surface area contributed by atoms with E-state index in [2.05, 4.69) is 10.0 Å². The lowest BCUT2D eigenvalue weighted by atomic mass is 10.2. The van der Waals surface area contributed by atoms with Crippen molar-refractivity contribution < 1.29 is 13.2 Å². The van der Waals surface area contributed by atoms with E-state index in [1.807, 2.05) is 0 Å². The fraction of sp³-hybridized carbons (Fsp3) is 0.235. The van der Waals surface area contributed by atoms with Gasteiger partial charge in [-0.2, -0.15) is 11.8 Å². The maximum atomic E-state index is 12.3. The molecular formula is C17H17Cl3N2O3S2. The fourth-order valence-corrected chi connectivity index (χ4v) is 4.51.